The van der Waals surface area contributed by atoms with E-state index in [0.717, 1.165) is 59.4 Å². The summed E-state index contributed by atoms with van der Waals surface area (Å²) in [5.74, 6) is 0. The van der Waals surface area contributed by atoms with Crippen molar-refractivity contribution in [3.05, 3.63) is 216 Å². The number of anilines is 4. The number of nitrogens with zero attached hydrogens (tertiary/aromatic N) is 1. The number of hydrogen-bond donors (Lipinski definition) is 1. The average molecular weight is 837 g/mol. The highest BCUT2D eigenvalue weighted by molar-refractivity contribution is 8.08. The summed E-state index contributed by atoms with van der Waals surface area (Å²) in [6.07, 6.45) is 19.0. The molecule has 2 nitrogen and oxygen atoms in total. The molecular formula is C59H57BN2S. The summed E-state index contributed by atoms with van der Waals surface area (Å²) in [6, 6.07) is 44.8. The molecule has 1 heterocycles. The number of hydrogen-bond acceptors (Lipinski definition) is 3. The van der Waals surface area contributed by atoms with Crippen LogP contribution >= 0.6 is 11.8 Å². The SMILES string of the molecule is Bc1ccc(N2C(C)=C(c3ccccc3C=C)Sc3c(-c4ccc(C5=C(C)C=CCC5)c(CCC)c4Nc4ccc(C)cc4)cc(C(/C=C\C)=C/C=C)cc32)c(-c2ccccc2)c1. The predicted octanol–water partition coefficient (Wildman–Crippen LogP) is 15.8. The molecule has 0 bridgehead atoms. The molecule has 1 aliphatic carbocycles. The van der Waals surface area contributed by atoms with Crippen LogP contribution in [0.5, 0.6) is 0 Å². The summed E-state index contributed by atoms with van der Waals surface area (Å²) in [7, 11) is 2.19. The fourth-order valence-corrected chi connectivity index (χ4v) is 10.4. The maximum atomic E-state index is 4.28. The third-order valence-electron chi connectivity index (χ3n) is 12.2. The highest BCUT2D eigenvalue weighted by atomic mass is 32.2. The Morgan fingerprint density at radius 3 is 2.29 bits per heavy atom. The standard InChI is InChI=1S/C59H57BN2S/c1-8-19-43(20-9-2)45-36-54(52-34-33-50(48-26-17-15-22-40(48)6)51(21-10-3)57(52)61-47-31-28-39(5)29-32-47)59-56(37-45)62(41(7)58(63-59)49-27-18-16-23-42(49)11-4)55-35-30-46(60)38-53(55)44-24-13-12-14-25-44/h8-9,11-16,18-20,22-25,27-38,61H,1,4,10,17,21,26,60H2,2-3,5-7H3/b20-9-,43-19+. The molecule has 0 fully saturated rings. The molecule has 63 heavy (non-hydrogen) atoms. The van der Waals surface area contributed by atoms with Crippen LogP contribution in [-0.2, 0) is 6.42 Å². The summed E-state index contributed by atoms with van der Waals surface area (Å²) in [5.41, 5.74) is 22.9. The van der Waals surface area contributed by atoms with Gasteiger partial charge in [0.1, 0.15) is 7.85 Å². The van der Waals surface area contributed by atoms with Crippen molar-refractivity contribution < 1.29 is 0 Å². The highest BCUT2D eigenvalue weighted by Gasteiger charge is 2.32. The third-order valence-corrected chi connectivity index (χ3v) is 13.6. The summed E-state index contributed by atoms with van der Waals surface area (Å²) in [6.45, 7) is 19.5. The lowest BCUT2D eigenvalue weighted by Crippen LogP contribution is -2.22. The van der Waals surface area contributed by atoms with Crippen molar-refractivity contribution in [2.45, 2.75) is 65.2 Å². The zero-order chi connectivity index (χ0) is 44.0. The molecule has 0 saturated carbocycles. The first-order valence-corrected chi connectivity index (χ1v) is 23.1. The van der Waals surface area contributed by atoms with Gasteiger partial charge in [-0.05, 0) is 127 Å². The number of thioether (sulfide) groups is 1. The van der Waals surface area contributed by atoms with Gasteiger partial charge in [-0.2, -0.15) is 0 Å². The normalized spacial score (nSPS) is 14.0. The number of allylic oxidation sites excluding steroid dienone is 10. The topological polar surface area (TPSA) is 15.3 Å². The molecule has 0 spiro atoms. The van der Waals surface area contributed by atoms with Crippen LogP contribution in [0.25, 0.3) is 44.4 Å². The molecule has 1 N–H and O–H groups in total. The molecule has 0 atom stereocenters. The second-order valence-electron chi connectivity index (χ2n) is 16.6. The monoisotopic (exact) mass is 836 g/mol. The lowest BCUT2D eigenvalue weighted by molar-refractivity contribution is 0.915. The maximum Gasteiger partial charge on any atom is 0.139 e. The Morgan fingerprint density at radius 1 is 0.794 bits per heavy atom. The van der Waals surface area contributed by atoms with Crippen molar-refractivity contribution >= 4 is 69.9 Å². The number of rotatable bonds is 13. The van der Waals surface area contributed by atoms with E-state index in [9.17, 15) is 0 Å². The minimum Gasteiger partial charge on any atom is -0.355 e. The van der Waals surface area contributed by atoms with Gasteiger partial charge in [-0.25, -0.2) is 0 Å². The molecule has 1 aliphatic heterocycles. The molecule has 2 aliphatic rings. The minimum absolute atomic E-state index is 0.944. The zero-order valence-electron chi connectivity index (χ0n) is 37.7. The summed E-state index contributed by atoms with van der Waals surface area (Å²) in [5, 5.41) is 4.07. The quantitative estimate of drug-likeness (QED) is 0.0921. The first-order chi connectivity index (χ1) is 30.7. The van der Waals surface area contributed by atoms with E-state index in [1.165, 1.54) is 82.3 Å². The van der Waals surface area contributed by atoms with E-state index in [0.29, 0.717) is 0 Å². The van der Waals surface area contributed by atoms with Crippen LogP contribution in [0.3, 0.4) is 0 Å². The molecular weight excluding hydrogens is 780 g/mol. The summed E-state index contributed by atoms with van der Waals surface area (Å²) in [4.78, 5) is 4.93. The van der Waals surface area contributed by atoms with E-state index in [-0.39, 0.29) is 0 Å². The molecule has 0 aromatic heterocycles. The van der Waals surface area contributed by atoms with Crippen LogP contribution in [-0.4, -0.2) is 7.85 Å². The van der Waals surface area contributed by atoms with Gasteiger partial charge >= 0.3 is 0 Å². The number of aryl methyl sites for hydroxylation is 1. The maximum absolute atomic E-state index is 4.28. The molecule has 6 aromatic carbocycles. The van der Waals surface area contributed by atoms with Gasteiger partial charge in [-0.15, -0.1) is 0 Å². The van der Waals surface area contributed by atoms with Crippen molar-refractivity contribution in [3.63, 3.8) is 0 Å². The Morgan fingerprint density at radius 2 is 1.56 bits per heavy atom. The average Bonchev–Trinajstić information content (AvgIpc) is 3.30. The van der Waals surface area contributed by atoms with Crippen molar-refractivity contribution in [3.8, 4) is 22.3 Å². The van der Waals surface area contributed by atoms with Crippen LogP contribution in [0.1, 0.15) is 80.3 Å². The van der Waals surface area contributed by atoms with E-state index in [1.807, 2.05) is 23.9 Å². The Balaban J connectivity index is 1.51. The first-order valence-electron chi connectivity index (χ1n) is 22.3. The van der Waals surface area contributed by atoms with E-state index in [4.69, 9.17) is 0 Å². The van der Waals surface area contributed by atoms with Crippen molar-refractivity contribution in [2.24, 2.45) is 0 Å². The minimum atomic E-state index is 0.944. The smallest absolute Gasteiger partial charge is 0.139 e. The Hall–Kier alpha value is -6.49. The van der Waals surface area contributed by atoms with Crippen molar-refractivity contribution in [1.82, 2.24) is 0 Å². The van der Waals surface area contributed by atoms with Gasteiger partial charge in [0.15, 0.2) is 0 Å². The lowest BCUT2D eigenvalue weighted by Gasteiger charge is -2.37. The lowest BCUT2D eigenvalue weighted by atomic mass is 9.84. The van der Waals surface area contributed by atoms with Crippen molar-refractivity contribution in [2.75, 3.05) is 10.2 Å². The predicted molar refractivity (Wildman–Crippen MR) is 281 cm³/mol. The van der Waals surface area contributed by atoms with Gasteiger partial charge < -0.3 is 10.2 Å². The Bertz CT molecular complexity index is 2870. The molecule has 0 saturated heterocycles. The summed E-state index contributed by atoms with van der Waals surface area (Å²) < 4.78 is 0. The van der Waals surface area contributed by atoms with Crippen molar-refractivity contribution in [1.29, 1.82) is 0 Å². The van der Waals surface area contributed by atoms with E-state index in [2.05, 4.69) is 218 Å². The Kier molecular flexibility index (Phi) is 13.2. The number of fused-ring (bicyclic) bond motifs is 1. The zero-order valence-corrected chi connectivity index (χ0v) is 38.5. The van der Waals surface area contributed by atoms with Gasteiger partial charge in [-0.1, -0.05) is 183 Å². The number of nitrogens with one attached hydrogen (secondary N) is 1. The van der Waals surface area contributed by atoms with Crippen LogP contribution in [0.15, 0.2) is 187 Å². The second kappa shape index (κ2) is 19.3. The molecule has 4 heteroatoms. The second-order valence-corrected chi connectivity index (χ2v) is 17.6. The molecule has 312 valence electrons. The molecule has 0 radical (unpaired) electrons. The van der Waals surface area contributed by atoms with E-state index in [1.54, 1.807) is 0 Å². The van der Waals surface area contributed by atoms with Gasteiger partial charge in [0.25, 0.3) is 0 Å². The van der Waals surface area contributed by atoms with Gasteiger partial charge in [-0.3, -0.25) is 0 Å². The van der Waals surface area contributed by atoms with Gasteiger partial charge in [0.05, 0.1) is 17.1 Å². The van der Waals surface area contributed by atoms with Gasteiger partial charge in [0, 0.05) is 37.9 Å². The molecule has 0 amide bonds. The van der Waals surface area contributed by atoms with E-state index >= 15 is 0 Å². The van der Waals surface area contributed by atoms with Crippen LogP contribution in [0, 0.1) is 6.92 Å². The van der Waals surface area contributed by atoms with E-state index < -0.39 is 0 Å². The van der Waals surface area contributed by atoms with Crippen LogP contribution < -0.4 is 15.7 Å². The fraction of sp³-hybridized carbons (Fsp3) is 0.153. The van der Waals surface area contributed by atoms with Gasteiger partial charge in [0.2, 0.25) is 0 Å². The first kappa shape index (κ1) is 43.2. The summed E-state index contributed by atoms with van der Waals surface area (Å²) >= 11 is 1.87. The van der Waals surface area contributed by atoms with Crippen LogP contribution in [0.4, 0.5) is 22.7 Å². The molecule has 0 unspecified atom stereocenters. The largest absolute Gasteiger partial charge is 0.355 e. The van der Waals surface area contributed by atoms with Crippen LogP contribution in [0.2, 0.25) is 0 Å². The third kappa shape index (κ3) is 8.79. The number of benzene rings is 6. The highest BCUT2D eigenvalue weighted by Crippen LogP contribution is 2.57. The molecule has 8 rings (SSSR count). The fourth-order valence-electron chi connectivity index (χ4n) is 9.12. The Labute approximate surface area is 381 Å². The molecule has 6 aromatic rings.